The van der Waals surface area contributed by atoms with Crippen LogP contribution in [0.1, 0.15) is 65.9 Å². The number of carbonyl (C=O) groups excluding carboxylic acids is 3. The van der Waals surface area contributed by atoms with Crippen LogP contribution in [-0.2, 0) is 19.1 Å². The standard InChI is InChI=1S/C22H29NO5/c1-20(2,3)27-17(24)16-13-22(12-15(22)14-10-8-7-9-11-14)18(25)23(16)19(26)28-21(4,5)6/h7-11,15-16H,12-13H2,1-6H3/t15-,16-,22+/m0/s1. The average Bonchev–Trinajstić information content (AvgIpc) is 3.19. The molecule has 6 nitrogen and oxygen atoms in total. The maximum Gasteiger partial charge on any atom is 0.417 e. The summed E-state index contributed by atoms with van der Waals surface area (Å²) in [4.78, 5) is 39.9. The van der Waals surface area contributed by atoms with E-state index in [0.29, 0.717) is 6.42 Å². The van der Waals surface area contributed by atoms with Crippen LogP contribution in [0.4, 0.5) is 4.79 Å². The summed E-state index contributed by atoms with van der Waals surface area (Å²) in [6.07, 6.45) is 0.0949. The van der Waals surface area contributed by atoms with Gasteiger partial charge in [-0.1, -0.05) is 30.3 Å². The molecule has 0 N–H and O–H groups in total. The smallest absolute Gasteiger partial charge is 0.417 e. The number of amides is 2. The van der Waals surface area contributed by atoms with E-state index in [2.05, 4.69) is 0 Å². The predicted octanol–water partition coefficient (Wildman–Crippen LogP) is 4.04. The third kappa shape index (κ3) is 3.91. The quantitative estimate of drug-likeness (QED) is 0.716. The summed E-state index contributed by atoms with van der Waals surface area (Å²) < 4.78 is 10.9. The van der Waals surface area contributed by atoms with Gasteiger partial charge in [0.1, 0.15) is 17.2 Å². The summed E-state index contributed by atoms with van der Waals surface area (Å²) in [6.45, 7) is 10.5. The topological polar surface area (TPSA) is 72.9 Å². The molecule has 1 aliphatic carbocycles. The van der Waals surface area contributed by atoms with Crippen molar-refractivity contribution in [2.24, 2.45) is 5.41 Å². The Labute approximate surface area is 166 Å². The van der Waals surface area contributed by atoms with Gasteiger partial charge in [-0.3, -0.25) is 4.79 Å². The van der Waals surface area contributed by atoms with E-state index in [9.17, 15) is 14.4 Å². The van der Waals surface area contributed by atoms with E-state index >= 15 is 0 Å². The number of rotatable bonds is 2. The molecule has 2 amide bonds. The molecular weight excluding hydrogens is 358 g/mol. The second-order valence-corrected chi connectivity index (χ2v) is 9.73. The zero-order valence-corrected chi connectivity index (χ0v) is 17.4. The van der Waals surface area contributed by atoms with E-state index in [-0.39, 0.29) is 18.2 Å². The van der Waals surface area contributed by atoms with Gasteiger partial charge in [0, 0.05) is 0 Å². The fraction of sp³-hybridized carbons (Fsp3) is 0.591. The highest BCUT2D eigenvalue weighted by atomic mass is 16.6. The first kappa shape index (κ1) is 20.4. The second kappa shape index (κ2) is 6.61. The van der Waals surface area contributed by atoms with Crippen LogP contribution in [0.3, 0.4) is 0 Å². The molecule has 1 heterocycles. The lowest BCUT2D eigenvalue weighted by atomic mass is 9.95. The Morgan fingerprint density at radius 1 is 0.964 bits per heavy atom. The minimum Gasteiger partial charge on any atom is -0.458 e. The van der Waals surface area contributed by atoms with Gasteiger partial charge in [-0.2, -0.15) is 0 Å². The molecule has 152 valence electrons. The first-order valence-electron chi connectivity index (χ1n) is 9.68. The molecule has 1 spiro atoms. The van der Waals surface area contributed by atoms with Crippen molar-refractivity contribution in [2.75, 3.05) is 0 Å². The van der Waals surface area contributed by atoms with Gasteiger partial charge in [-0.25, -0.2) is 14.5 Å². The minimum atomic E-state index is -0.963. The Bertz CT molecular complexity index is 789. The van der Waals surface area contributed by atoms with E-state index in [1.807, 2.05) is 30.3 Å². The highest BCUT2D eigenvalue weighted by molar-refractivity contribution is 6.04. The van der Waals surface area contributed by atoms with E-state index in [1.165, 1.54) is 0 Å². The van der Waals surface area contributed by atoms with Crippen LogP contribution >= 0.6 is 0 Å². The lowest BCUT2D eigenvalue weighted by Gasteiger charge is -2.28. The lowest BCUT2D eigenvalue weighted by Crippen LogP contribution is -2.47. The monoisotopic (exact) mass is 387 g/mol. The minimum absolute atomic E-state index is 0.00132. The van der Waals surface area contributed by atoms with Gasteiger partial charge < -0.3 is 9.47 Å². The second-order valence-electron chi connectivity index (χ2n) is 9.73. The van der Waals surface area contributed by atoms with Gasteiger partial charge in [0.05, 0.1) is 5.41 Å². The number of esters is 1. The number of carbonyl (C=O) groups is 3. The first-order chi connectivity index (χ1) is 12.8. The first-order valence-corrected chi connectivity index (χ1v) is 9.68. The zero-order chi connectivity index (χ0) is 20.9. The molecule has 6 heteroatoms. The number of hydrogen-bond donors (Lipinski definition) is 0. The molecule has 1 aliphatic heterocycles. The average molecular weight is 387 g/mol. The number of imide groups is 1. The molecule has 1 saturated carbocycles. The molecule has 0 radical (unpaired) electrons. The molecule has 1 saturated heterocycles. The van der Waals surface area contributed by atoms with Gasteiger partial charge in [0.2, 0.25) is 5.91 Å². The lowest BCUT2D eigenvalue weighted by molar-refractivity contribution is -0.161. The van der Waals surface area contributed by atoms with E-state index in [4.69, 9.17) is 9.47 Å². The zero-order valence-electron chi connectivity index (χ0n) is 17.4. The third-order valence-corrected chi connectivity index (χ3v) is 5.06. The molecule has 2 aliphatic rings. The molecule has 0 unspecified atom stereocenters. The van der Waals surface area contributed by atoms with Crippen molar-refractivity contribution in [3.63, 3.8) is 0 Å². The van der Waals surface area contributed by atoms with Crippen LogP contribution < -0.4 is 0 Å². The molecule has 1 aromatic rings. The number of benzene rings is 1. The molecule has 28 heavy (non-hydrogen) atoms. The molecule has 0 bridgehead atoms. The Morgan fingerprint density at radius 3 is 2.07 bits per heavy atom. The van der Waals surface area contributed by atoms with Crippen molar-refractivity contribution in [3.8, 4) is 0 Å². The summed E-state index contributed by atoms with van der Waals surface area (Å²) in [5.74, 6) is -0.910. The van der Waals surface area contributed by atoms with Crippen LogP contribution in [0.5, 0.6) is 0 Å². The molecular formula is C22H29NO5. The van der Waals surface area contributed by atoms with Gasteiger partial charge >= 0.3 is 12.1 Å². The van der Waals surface area contributed by atoms with E-state index in [1.54, 1.807) is 41.5 Å². The highest BCUT2D eigenvalue weighted by Gasteiger charge is 2.69. The molecule has 2 fully saturated rings. The number of hydrogen-bond acceptors (Lipinski definition) is 5. The van der Waals surface area contributed by atoms with E-state index < -0.39 is 34.7 Å². The van der Waals surface area contributed by atoms with Gasteiger partial charge in [-0.15, -0.1) is 0 Å². The maximum absolute atomic E-state index is 13.3. The van der Waals surface area contributed by atoms with Crippen molar-refractivity contribution in [3.05, 3.63) is 35.9 Å². The summed E-state index contributed by atoms with van der Waals surface area (Å²) in [6, 6.07) is 8.77. The molecule has 3 rings (SSSR count). The van der Waals surface area contributed by atoms with Crippen LogP contribution in [-0.4, -0.2) is 40.1 Å². The summed E-state index contributed by atoms with van der Waals surface area (Å²) in [5, 5.41) is 0. The Morgan fingerprint density at radius 2 is 1.54 bits per heavy atom. The van der Waals surface area contributed by atoms with Crippen molar-refractivity contribution in [2.45, 2.75) is 77.5 Å². The fourth-order valence-electron chi connectivity index (χ4n) is 3.87. The number of likely N-dealkylation sites (tertiary alicyclic amines) is 1. The van der Waals surface area contributed by atoms with Crippen molar-refractivity contribution < 1.29 is 23.9 Å². The predicted molar refractivity (Wildman–Crippen MR) is 104 cm³/mol. The Kier molecular flexibility index (Phi) is 4.80. The van der Waals surface area contributed by atoms with Crippen molar-refractivity contribution in [1.82, 2.24) is 4.90 Å². The highest BCUT2D eigenvalue weighted by Crippen LogP contribution is 2.66. The van der Waals surface area contributed by atoms with E-state index in [0.717, 1.165) is 10.5 Å². The van der Waals surface area contributed by atoms with Crippen LogP contribution in [0, 0.1) is 5.41 Å². The maximum atomic E-state index is 13.3. The Hall–Kier alpha value is -2.37. The summed E-state index contributed by atoms with van der Waals surface area (Å²) >= 11 is 0. The third-order valence-electron chi connectivity index (χ3n) is 5.06. The molecule has 3 atom stereocenters. The molecule has 1 aromatic carbocycles. The van der Waals surface area contributed by atoms with Gasteiger partial charge in [0.15, 0.2) is 0 Å². The van der Waals surface area contributed by atoms with Crippen LogP contribution in [0.15, 0.2) is 30.3 Å². The Balaban J connectivity index is 1.90. The van der Waals surface area contributed by atoms with Gasteiger partial charge in [-0.05, 0) is 65.9 Å². The SMILES string of the molecule is CC(C)(C)OC(=O)[C@@H]1C[C@@]2(C[C@H]2c2ccccc2)C(=O)N1C(=O)OC(C)(C)C. The fourth-order valence-corrected chi connectivity index (χ4v) is 3.87. The summed E-state index contributed by atoms with van der Waals surface area (Å²) in [5.41, 5.74) is -1.17. The van der Waals surface area contributed by atoms with Crippen molar-refractivity contribution in [1.29, 1.82) is 0 Å². The number of nitrogens with zero attached hydrogens (tertiary/aromatic N) is 1. The normalized spacial score (nSPS) is 27.1. The van der Waals surface area contributed by atoms with Crippen LogP contribution in [0.2, 0.25) is 0 Å². The molecule has 0 aromatic heterocycles. The largest absolute Gasteiger partial charge is 0.458 e. The van der Waals surface area contributed by atoms with Crippen molar-refractivity contribution >= 4 is 18.0 Å². The van der Waals surface area contributed by atoms with Gasteiger partial charge in [0.25, 0.3) is 0 Å². The van der Waals surface area contributed by atoms with Crippen LogP contribution in [0.25, 0.3) is 0 Å². The summed E-state index contributed by atoms with van der Waals surface area (Å²) in [7, 11) is 0. The number of ether oxygens (including phenoxy) is 2.